The van der Waals surface area contributed by atoms with E-state index in [9.17, 15) is 27.6 Å². The Kier molecular flexibility index (Phi) is 12.6. The van der Waals surface area contributed by atoms with Gasteiger partial charge >= 0.3 is 17.9 Å². The molecule has 0 fully saturated rings. The summed E-state index contributed by atoms with van der Waals surface area (Å²) in [6.45, 7) is 4.83. The van der Waals surface area contributed by atoms with Crippen molar-refractivity contribution in [3.8, 4) is 11.5 Å². The topological polar surface area (TPSA) is 177 Å². The quantitative estimate of drug-likeness (QED) is 0.170. The molecule has 0 amide bonds. The van der Waals surface area contributed by atoms with Crippen molar-refractivity contribution >= 4 is 39.4 Å². The van der Waals surface area contributed by atoms with Gasteiger partial charge in [0.25, 0.3) is 0 Å². The summed E-state index contributed by atoms with van der Waals surface area (Å²) in [4.78, 5) is 48.0. The molecule has 40 heavy (non-hydrogen) atoms. The average molecular weight is 579 g/mol. The second kappa shape index (κ2) is 15.6. The third-order valence-corrected chi connectivity index (χ3v) is 6.22. The highest BCUT2D eigenvalue weighted by molar-refractivity contribution is 7.89. The predicted molar refractivity (Wildman–Crippen MR) is 144 cm³/mol. The number of benzene rings is 2. The zero-order valence-corrected chi connectivity index (χ0v) is 23.5. The number of ether oxygens (including phenoxy) is 4. The molecule has 0 aliphatic rings. The number of nitrogens with two attached hydrogens (primary N) is 1. The summed E-state index contributed by atoms with van der Waals surface area (Å²) in [7, 11) is -4.36. The van der Waals surface area contributed by atoms with Gasteiger partial charge in [-0.15, -0.1) is 0 Å². The first-order valence-corrected chi connectivity index (χ1v) is 14.2. The van der Waals surface area contributed by atoms with Crippen molar-refractivity contribution in [2.75, 3.05) is 25.1 Å². The molecule has 1 atom stereocenters. The maximum absolute atomic E-state index is 12.8. The molecule has 0 bridgehead atoms. The first-order valence-electron chi connectivity index (χ1n) is 12.7. The summed E-state index contributed by atoms with van der Waals surface area (Å²) in [6.07, 6.45) is -0.171. The SMILES string of the molecule is CCCCNc1cc(C(=O)OCC(=O)CCC(=O)OC(C)C(=O)OCC)cc(S(N)(=O)=O)c1Oc1ccccc1. The van der Waals surface area contributed by atoms with Crippen molar-refractivity contribution in [3.05, 3.63) is 48.0 Å². The van der Waals surface area contributed by atoms with Crippen LogP contribution in [0.2, 0.25) is 0 Å². The number of rotatable bonds is 16. The van der Waals surface area contributed by atoms with Gasteiger partial charge in [0, 0.05) is 13.0 Å². The van der Waals surface area contributed by atoms with Gasteiger partial charge in [-0.1, -0.05) is 31.5 Å². The van der Waals surface area contributed by atoms with Crippen LogP contribution in [0.25, 0.3) is 0 Å². The highest BCUT2D eigenvalue weighted by Crippen LogP contribution is 2.37. The number of nitrogens with one attached hydrogen (secondary N) is 1. The van der Waals surface area contributed by atoms with Crippen LogP contribution in [0.3, 0.4) is 0 Å². The maximum atomic E-state index is 12.8. The number of ketones is 1. The molecule has 0 saturated heterocycles. The molecule has 0 aliphatic heterocycles. The predicted octanol–water partition coefficient (Wildman–Crippen LogP) is 3.34. The zero-order valence-electron chi connectivity index (χ0n) is 22.6. The minimum atomic E-state index is -4.36. The summed E-state index contributed by atoms with van der Waals surface area (Å²) < 4.78 is 45.5. The van der Waals surface area contributed by atoms with E-state index in [1.807, 2.05) is 6.92 Å². The average Bonchev–Trinajstić information content (AvgIpc) is 2.91. The van der Waals surface area contributed by atoms with Gasteiger partial charge < -0.3 is 24.3 Å². The Bertz CT molecular complexity index is 1300. The van der Waals surface area contributed by atoms with E-state index >= 15 is 0 Å². The monoisotopic (exact) mass is 578 g/mol. The molecule has 0 aromatic heterocycles. The highest BCUT2D eigenvalue weighted by Gasteiger charge is 2.25. The number of unbranched alkanes of at least 4 members (excludes halogenated alkanes) is 1. The molecule has 0 radical (unpaired) electrons. The van der Waals surface area contributed by atoms with Crippen LogP contribution < -0.4 is 15.2 Å². The van der Waals surface area contributed by atoms with Gasteiger partial charge in [-0.25, -0.2) is 23.1 Å². The fourth-order valence-electron chi connectivity index (χ4n) is 3.28. The van der Waals surface area contributed by atoms with Crippen molar-refractivity contribution in [3.63, 3.8) is 0 Å². The Balaban J connectivity index is 2.15. The second-order valence-corrected chi connectivity index (χ2v) is 10.1. The van der Waals surface area contributed by atoms with E-state index in [1.165, 1.54) is 13.0 Å². The largest absolute Gasteiger partial charge is 0.463 e. The number of anilines is 1. The molecule has 12 nitrogen and oxygen atoms in total. The summed E-state index contributed by atoms with van der Waals surface area (Å²) in [5.41, 5.74) is 0.0134. The van der Waals surface area contributed by atoms with E-state index < -0.39 is 51.3 Å². The molecule has 0 aliphatic carbocycles. The Morgan fingerprint density at radius 1 is 1.00 bits per heavy atom. The van der Waals surface area contributed by atoms with Gasteiger partial charge in [-0.05, 0) is 44.5 Å². The lowest BCUT2D eigenvalue weighted by Gasteiger charge is -2.17. The van der Waals surface area contributed by atoms with E-state index in [2.05, 4.69) is 5.32 Å². The summed E-state index contributed by atoms with van der Waals surface area (Å²) in [6, 6.07) is 10.8. The van der Waals surface area contributed by atoms with E-state index in [0.717, 1.165) is 18.9 Å². The first kappa shape index (κ1) is 32.2. The lowest BCUT2D eigenvalue weighted by atomic mass is 10.1. The standard InChI is InChI=1S/C27H34N2O10S/c1-4-6-14-29-22-15-19(16-23(40(28,34)35)25(22)39-21-10-8-7-9-11-21)27(33)37-17-20(30)12-13-24(31)38-18(3)26(32)36-5-2/h7-11,15-16,18,29H,4-6,12-14,17H2,1-3H3,(H2,28,34,35). The molecule has 218 valence electrons. The van der Waals surface area contributed by atoms with Gasteiger partial charge in [-0.3, -0.25) is 9.59 Å². The Morgan fingerprint density at radius 3 is 2.33 bits per heavy atom. The van der Waals surface area contributed by atoms with Crippen molar-refractivity contribution in [1.82, 2.24) is 0 Å². The second-order valence-electron chi connectivity index (χ2n) is 8.59. The zero-order chi connectivity index (χ0) is 29.7. The third-order valence-electron chi connectivity index (χ3n) is 5.30. The molecule has 0 spiro atoms. The van der Waals surface area contributed by atoms with E-state index in [-0.39, 0.29) is 36.4 Å². The summed E-state index contributed by atoms with van der Waals surface area (Å²) in [5.74, 6) is -2.82. The summed E-state index contributed by atoms with van der Waals surface area (Å²) in [5, 5.41) is 8.52. The molecule has 1 unspecified atom stereocenters. The smallest absolute Gasteiger partial charge is 0.347 e. The van der Waals surface area contributed by atoms with Crippen molar-refractivity contribution in [2.24, 2.45) is 5.14 Å². The fraction of sp³-hybridized carbons (Fsp3) is 0.407. The van der Waals surface area contributed by atoms with E-state index in [4.69, 9.17) is 24.1 Å². The molecule has 3 N–H and O–H groups in total. The number of carbonyl (C=O) groups is 4. The lowest BCUT2D eigenvalue weighted by Crippen LogP contribution is -2.26. The molecule has 13 heteroatoms. The fourth-order valence-corrected chi connectivity index (χ4v) is 3.98. The van der Waals surface area contributed by atoms with Gasteiger partial charge in [0.05, 0.1) is 24.3 Å². The number of primary sulfonamides is 1. The molecule has 2 aromatic rings. The highest BCUT2D eigenvalue weighted by atomic mass is 32.2. The molecular formula is C27H34N2O10S. The molecule has 2 aromatic carbocycles. The van der Waals surface area contributed by atoms with Crippen LogP contribution in [0.4, 0.5) is 5.69 Å². The van der Waals surface area contributed by atoms with Gasteiger partial charge in [0.2, 0.25) is 10.0 Å². The Morgan fingerprint density at radius 2 is 1.70 bits per heavy atom. The van der Waals surface area contributed by atoms with Crippen LogP contribution in [0.1, 0.15) is 56.8 Å². The van der Waals surface area contributed by atoms with Crippen LogP contribution in [0.5, 0.6) is 11.5 Å². The number of hydrogen-bond acceptors (Lipinski definition) is 11. The minimum Gasteiger partial charge on any atom is -0.463 e. The normalized spacial score (nSPS) is 11.7. The molecule has 0 saturated carbocycles. The minimum absolute atomic E-state index is 0.0898. The molecular weight excluding hydrogens is 544 g/mol. The summed E-state index contributed by atoms with van der Waals surface area (Å²) >= 11 is 0. The van der Waals surface area contributed by atoms with E-state index in [0.29, 0.717) is 12.3 Å². The van der Waals surface area contributed by atoms with Crippen LogP contribution in [-0.2, 0) is 38.6 Å². The van der Waals surface area contributed by atoms with Crippen LogP contribution >= 0.6 is 0 Å². The van der Waals surface area contributed by atoms with Gasteiger partial charge in [0.1, 0.15) is 17.3 Å². The molecule has 0 heterocycles. The number of carbonyl (C=O) groups excluding carboxylic acids is 4. The number of hydrogen-bond donors (Lipinski definition) is 2. The van der Waals surface area contributed by atoms with Crippen molar-refractivity contribution in [2.45, 2.75) is 57.5 Å². The van der Waals surface area contributed by atoms with Crippen molar-refractivity contribution < 1.29 is 46.5 Å². The Hall–Kier alpha value is -3.97. The van der Waals surface area contributed by atoms with Crippen molar-refractivity contribution in [1.29, 1.82) is 0 Å². The number of esters is 3. The first-order chi connectivity index (χ1) is 19.0. The van der Waals surface area contributed by atoms with Crippen LogP contribution in [0.15, 0.2) is 47.4 Å². The number of para-hydroxylation sites is 1. The third kappa shape index (κ3) is 10.3. The van der Waals surface area contributed by atoms with Crippen LogP contribution in [0, 0.1) is 0 Å². The number of Topliss-reactive ketones (excluding diaryl/α,β-unsaturated/α-hetero) is 1. The maximum Gasteiger partial charge on any atom is 0.347 e. The van der Waals surface area contributed by atoms with E-state index in [1.54, 1.807) is 37.3 Å². The molecule has 2 rings (SSSR count). The van der Waals surface area contributed by atoms with Gasteiger partial charge in [-0.2, -0.15) is 0 Å². The van der Waals surface area contributed by atoms with Gasteiger partial charge in [0.15, 0.2) is 17.6 Å². The van der Waals surface area contributed by atoms with Crippen LogP contribution in [-0.4, -0.2) is 58.0 Å². The lowest BCUT2D eigenvalue weighted by molar-refractivity contribution is -0.166. The number of sulfonamides is 1. The Labute approximate surface area is 233 Å².